The van der Waals surface area contributed by atoms with Crippen LogP contribution in [0.4, 0.5) is 0 Å². The van der Waals surface area contributed by atoms with Gasteiger partial charge in [0.25, 0.3) is 0 Å². The van der Waals surface area contributed by atoms with Gasteiger partial charge in [0.1, 0.15) is 0 Å². The molecule has 0 unspecified atom stereocenters. The summed E-state index contributed by atoms with van der Waals surface area (Å²) >= 11 is 0. The van der Waals surface area contributed by atoms with Crippen LogP contribution in [-0.4, -0.2) is 34.0 Å². The third-order valence-electron chi connectivity index (χ3n) is 13.5. The molecule has 4 saturated carbocycles. The van der Waals surface area contributed by atoms with Gasteiger partial charge < -0.3 is 15.3 Å². The zero-order valence-electron chi connectivity index (χ0n) is 22.4. The van der Waals surface area contributed by atoms with Crippen LogP contribution in [0.25, 0.3) is 0 Å². The maximum Gasteiger partial charge on any atom is 0.309 e. The zero-order chi connectivity index (χ0) is 24.9. The van der Waals surface area contributed by atoms with Crippen LogP contribution in [0.5, 0.6) is 0 Å². The second-order valence-electron chi connectivity index (χ2n) is 14.8. The number of hydrogen-bond acceptors (Lipinski definition) is 3. The minimum absolute atomic E-state index is 0.0599. The van der Waals surface area contributed by atoms with E-state index in [2.05, 4.69) is 40.7 Å². The van der Waals surface area contributed by atoms with Crippen molar-refractivity contribution in [1.29, 1.82) is 0 Å². The standard InChI is InChI=1S/C30H48O4/c1-25-13-14-26(2,24(33)34)17-20(25)19-7-8-22-27(3)11-10-23(32)28(4,18-31)21(27)9-12-30(22,6)29(19,5)16-15-25/h7,20-23,31-32H,8-18H2,1-6H3,(H,33,34)/t20-,21+,22+,23-,25+,26+,27-,28+,29+,30+/m0/s1. The molecular weight excluding hydrogens is 424 g/mol. The number of carboxylic acids is 1. The van der Waals surface area contributed by atoms with Crippen molar-refractivity contribution in [3.05, 3.63) is 11.6 Å². The number of allylic oxidation sites excluding steroid dienone is 2. The van der Waals surface area contributed by atoms with Gasteiger partial charge in [-0.3, -0.25) is 4.79 Å². The molecule has 0 saturated heterocycles. The second kappa shape index (κ2) is 7.34. The number of aliphatic carboxylic acids is 1. The van der Waals surface area contributed by atoms with Crippen molar-refractivity contribution < 1.29 is 20.1 Å². The van der Waals surface area contributed by atoms with Crippen LogP contribution in [0.2, 0.25) is 0 Å². The number of aliphatic hydroxyl groups excluding tert-OH is 2. The van der Waals surface area contributed by atoms with E-state index in [9.17, 15) is 20.1 Å². The Morgan fingerprint density at radius 3 is 2.26 bits per heavy atom. The topological polar surface area (TPSA) is 77.8 Å². The summed E-state index contributed by atoms with van der Waals surface area (Å²) < 4.78 is 0. The van der Waals surface area contributed by atoms with Gasteiger partial charge in [0.2, 0.25) is 0 Å². The van der Waals surface area contributed by atoms with Gasteiger partial charge in [0.05, 0.1) is 18.1 Å². The maximum absolute atomic E-state index is 12.2. The minimum atomic E-state index is -0.626. The van der Waals surface area contributed by atoms with E-state index < -0.39 is 22.9 Å². The third-order valence-corrected chi connectivity index (χ3v) is 13.5. The summed E-state index contributed by atoms with van der Waals surface area (Å²) in [6.07, 6.45) is 12.2. The molecule has 0 bridgehead atoms. The highest BCUT2D eigenvalue weighted by Crippen LogP contribution is 2.75. The predicted octanol–water partition coefficient (Wildman–Crippen LogP) is 6.21. The summed E-state index contributed by atoms with van der Waals surface area (Å²) in [5.41, 5.74) is 1.13. The number of carboxylic acid groups (broad SMARTS) is 1. The van der Waals surface area contributed by atoms with Crippen molar-refractivity contribution in [3.63, 3.8) is 0 Å². The van der Waals surface area contributed by atoms with Gasteiger partial charge in [0.15, 0.2) is 0 Å². The van der Waals surface area contributed by atoms with Crippen LogP contribution < -0.4 is 0 Å². The lowest BCUT2D eigenvalue weighted by Gasteiger charge is -2.71. The Bertz CT molecular complexity index is 911. The Morgan fingerprint density at radius 1 is 0.941 bits per heavy atom. The first kappa shape index (κ1) is 24.8. The SMILES string of the molecule is C[C@@]1(C(=O)O)CC[C@]2(C)CC[C@]3(C)C(=CC[C@@H]4[C@@]5(C)CC[C@H](O)[C@](C)(CO)[C@@H]5CC[C@]43C)[C@@H]2C1. The summed E-state index contributed by atoms with van der Waals surface area (Å²) in [6.45, 7) is 14.1. The van der Waals surface area contributed by atoms with Crippen LogP contribution in [0.3, 0.4) is 0 Å². The molecule has 5 aliphatic rings. The van der Waals surface area contributed by atoms with Gasteiger partial charge in [-0.2, -0.15) is 0 Å². The number of rotatable bonds is 2. The first-order valence-electron chi connectivity index (χ1n) is 13.9. The lowest BCUT2D eigenvalue weighted by molar-refractivity contribution is -0.215. The van der Waals surface area contributed by atoms with Crippen molar-refractivity contribution in [2.24, 2.45) is 50.2 Å². The van der Waals surface area contributed by atoms with E-state index in [0.29, 0.717) is 17.8 Å². The van der Waals surface area contributed by atoms with Crippen molar-refractivity contribution in [2.45, 2.75) is 112 Å². The molecular formula is C30H48O4. The quantitative estimate of drug-likeness (QED) is 0.418. The summed E-state index contributed by atoms with van der Waals surface area (Å²) in [4.78, 5) is 12.2. The fourth-order valence-corrected chi connectivity index (χ4v) is 10.6. The van der Waals surface area contributed by atoms with Gasteiger partial charge in [-0.15, -0.1) is 0 Å². The van der Waals surface area contributed by atoms with Gasteiger partial charge in [0, 0.05) is 5.41 Å². The molecule has 0 aromatic carbocycles. The van der Waals surface area contributed by atoms with E-state index >= 15 is 0 Å². The average molecular weight is 473 g/mol. The van der Waals surface area contributed by atoms with Crippen molar-refractivity contribution in [1.82, 2.24) is 0 Å². The smallest absolute Gasteiger partial charge is 0.309 e. The van der Waals surface area contributed by atoms with Gasteiger partial charge >= 0.3 is 5.97 Å². The van der Waals surface area contributed by atoms with Crippen LogP contribution in [0.15, 0.2) is 11.6 Å². The molecule has 192 valence electrons. The summed E-state index contributed by atoms with van der Waals surface area (Å²) in [6, 6.07) is 0. The Labute approximate surface area is 206 Å². The number of carbonyl (C=O) groups is 1. The van der Waals surface area contributed by atoms with Crippen LogP contribution in [-0.2, 0) is 4.79 Å². The Hall–Kier alpha value is -0.870. The molecule has 4 fully saturated rings. The van der Waals surface area contributed by atoms with Gasteiger partial charge in [-0.1, -0.05) is 46.3 Å². The Balaban J connectivity index is 1.57. The largest absolute Gasteiger partial charge is 0.481 e. The number of aliphatic hydroxyl groups is 2. The van der Waals surface area contributed by atoms with E-state index in [0.717, 1.165) is 51.4 Å². The summed E-state index contributed by atoms with van der Waals surface area (Å²) in [5.74, 6) is 0.605. The fourth-order valence-electron chi connectivity index (χ4n) is 10.6. The molecule has 0 amide bonds. The molecule has 3 N–H and O–H groups in total. The molecule has 4 nitrogen and oxygen atoms in total. The van der Waals surface area contributed by atoms with Gasteiger partial charge in [-0.25, -0.2) is 0 Å². The minimum Gasteiger partial charge on any atom is -0.481 e. The second-order valence-corrected chi connectivity index (χ2v) is 14.8. The first-order valence-corrected chi connectivity index (χ1v) is 13.9. The van der Waals surface area contributed by atoms with Crippen LogP contribution in [0, 0.1) is 50.2 Å². The molecule has 0 aromatic heterocycles. The van der Waals surface area contributed by atoms with Gasteiger partial charge in [-0.05, 0) is 111 Å². The van der Waals surface area contributed by atoms with E-state index in [1.165, 1.54) is 12.8 Å². The summed E-state index contributed by atoms with van der Waals surface area (Å²) in [5, 5.41) is 31.4. The number of fused-ring (bicyclic) bond motifs is 7. The molecule has 0 spiro atoms. The number of hydrogen-bond donors (Lipinski definition) is 3. The molecule has 5 aliphatic carbocycles. The molecule has 0 radical (unpaired) electrons. The molecule has 34 heavy (non-hydrogen) atoms. The Morgan fingerprint density at radius 2 is 1.62 bits per heavy atom. The van der Waals surface area contributed by atoms with E-state index in [4.69, 9.17) is 0 Å². The maximum atomic E-state index is 12.2. The summed E-state index contributed by atoms with van der Waals surface area (Å²) in [7, 11) is 0. The lowest BCUT2D eigenvalue weighted by atomic mass is 9.33. The molecule has 0 aliphatic heterocycles. The van der Waals surface area contributed by atoms with Crippen molar-refractivity contribution in [3.8, 4) is 0 Å². The molecule has 5 rings (SSSR count). The lowest BCUT2D eigenvalue weighted by Crippen LogP contribution is -2.65. The predicted molar refractivity (Wildman–Crippen MR) is 134 cm³/mol. The third kappa shape index (κ3) is 2.88. The average Bonchev–Trinajstić information content (AvgIpc) is 2.78. The van der Waals surface area contributed by atoms with E-state index in [1.807, 2.05) is 6.92 Å². The molecule has 4 heteroatoms. The monoisotopic (exact) mass is 472 g/mol. The van der Waals surface area contributed by atoms with Crippen LogP contribution >= 0.6 is 0 Å². The van der Waals surface area contributed by atoms with Crippen LogP contribution in [0.1, 0.15) is 106 Å². The van der Waals surface area contributed by atoms with Crippen molar-refractivity contribution >= 4 is 5.97 Å². The fraction of sp³-hybridized carbons (Fsp3) is 0.900. The molecule has 0 aromatic rings. The first-order chi connectivity index (χ1) is 15.7. The van der Waals surface area contributed by atoms with Crippen molar-refractivity contribution in [2.75, 3.05) is 6.61 Å². The highest BCUT2D eigenvalue weighted by atomic mass is 16.4. The van der Waals surface area contributed by atoms with E-state index in [-0.39, 0.29) is 28.3 Å². The zero-order valence-corrected chi connectivity index (χ0v) is 22.4. The Kier molecular flexibility index (Phi) is 5.36. The molecule has 10 atom stereocenters. The molecule has 0 heterocycles. The van der Waals surface area contributed by atoms with E-state index in [1.54, 1.807) is 5.57 Å². The highest BCUT2D eigenvalue weighted by molar-refractivity contribution is 5.74. The normalized spacial score (nSPS) is 56.9. The highest BCUT2D eigenvalue weighted by Gasteiger charge is 2.68.